The van der Waals surface area contributed by atoms with Crippen molar-refractivity contribution in [2.75, 3.05) is 24.4 Å². The van der Waals surface area contributed by atoms with E-state index in [0.29, 0.717) is 35.0 Å². The van der Waals surface area contributed by atoms with E-state index in [2.05, 4.69) is 20.4 Å². The van der Waals surface area contributed by atoms with Crippen LogP contribution in [0.15, 0.2) is 59.4 Å². The highest BCUT2D eigenvalue weighted by molar-refractivity contribution is 7.19. The Morgan fingerprint density at radius 3 is 2.19 bits per heavy atom. The largest absolute Gasteiger partial charge is 0.494 e. The van der Waals surface area contributed by atoms with Crippen molar-refractivity contribution in [3.63, 3.8) is 0 Å². The first-order chi connectivity index (χ1) is 17.3. The zero-order valence-corrected chi connectivity index (χ0v) is 20.5. The van der Waals surface area contributed by atoms with Crippen LogP contribution in [0.25, 0.3) is 4.96 Å². The molecule has 36 heavy (non-hydrogen) atoms. The molecule has 2 heterocycles. The van der Waals surface area contributed by atoms with Crippen molar-refractivity contribution < 1.29 is 23.9 Å². The number of aryl methyl sites for hydroxylation is 1. The fourth-order valence-corrected chi connectivity index (χ4v) is 4.50. The number of methoxy groups -OCH3 is 1. The van der Waals surface area contributed by atoms with Gasteiger partial charge in [0.25, 0.3) is 17.4 Å². The van der Waals surface area contributed by atoms with Crippen LogP contribution < -0.4 is 20.9 Å². The maximum atomic E-state index is 13.3. The quantitative estimate of drug-likeness (QED) is 0.365. The molecule has 0 atom stereocenters. The fraction of sp³-hybridized carbons (Fsp3) is 0.160. The number of rotatable bonds is 7. The molecule has 2 aromatic heterocycles. The smallest absolute Gasteiger partial charge is 0.337 e. The summed E-state index contributed by atoms with van der Waals surface area (Å²) >= 11 is 0.924. The van der Waals surface area contributed by atoms with E-state index in [4.69, 9.17) is 4.74 Å². The SMILES string of the molecule is CCOc1ccc(NC(=O)c2c(C(=O)Nc3ccc(C(=O)OC)cc3)sc3nc(C)cc(=O)n23)cc1. The lowest BCUT2D eigenvalue weighted by Crippen LogP contribution is -2.25. The van der Waals surface area contributed by atoms with Crippen molar-refractivity contribution in [2.24, 2.45) is 0 Å². The van der Waals surface area contributed by atoms with E-state index >= 15 is 0 Å². The highest BCUT2D eigenvalue weighted by atomic mass is 32.1. The molecular weight excluding hydrogens is 484 g/mol. The van der Waals surface area contributed by atoms with E-state index in [0.717, 1.165) is 15.7 Å². The Morgan fingerprint density at radius 2 is 1.58 bits per heavy atom. The molecular formula is C25H22N4O6S. The number of anilines is 2. The maximum absolute atomic E-state index is 13.3. The summed E-state index contributed by atoms with van der Waals surface area (Å²) in [6.07, 6.45) is 0. The van der Waals surface area contributed by atoms with Crippen LogP contribution in [0.1, 0.15) is 43.1 Å². The van der Waals surface area contributed by atoms with E-state index < -0.39 is 23.3 Å². The second kappa shape index (κ2) is 10.4. The van der Waals surface area contributed by atoms with E-state index in [-0.39, 0.29) is 15.5 Å². The number of nitrogens with one attached hydrogen (secondary N) is 2. The second-order valence-corrected chi connectivity index (χ2v) is 8.55. The normalized spacial score (nSPS) is 10.6. The first-order valence-corrected chi connectivity index (χ1v) is 11.7. The van der Waals surface area contributed by atoms with Gasteiger partial charge in [-0.2, -0.15) is 0 Å². The number of amides is 2. The summed E-state index contributed by atoms with van der Waals surface area (Å²) in [5, 5.41) is 5.42. The number of benzene rings is 2. The van der Waals surface area contributed by atoms with Crippen LogP contribution in [0, 0.1) is 6.92 Å². The van der Waals surface area contributed by atoms with Crippen molar-refractivity contribution in [2.45, 2.75) is 13.8 Å². The van der Waals surface area contributed by atoms with Crippen molar-refractivity contribution in [3.05, 3.63) is 86.8 Å². The molecule has 0 bridgehead atoms. The van der Waals surface area contributed by atoms with Gasteiger partial charge in [-0.25, -0.2) is 14.2 Å². The van der Waals surface area contributed by atoms with Gasteiger partial charge in [0.2, 0.25) is 0 Å². The number of fused-ring (bicyclic) bond motifs is 1. The predicted molar refractivity (Wildman–Crippen MR) is 135 cm³/mol. The lowest BCUT2D eigenvalue weighted by Gasteiger charge is -2.09. The van der Waals surface area contributed by atoms with Crippen LogP contribution in [0.4, 0.5) is 11.4 Å². The van der Waals surface area contributed by atoms with Gasteiger partial charge >= 0.3 is 5.97 Å². The van der Waals surface area contributed by atoms with Gasteiger partial charge in [0.1, 0.15) is 16.3 Å². The van der Waals surface area contributed by atoms with E-state index in [1.54, 1.807) is 31.2 Å². The van der Waals surface area contributed by atoms with Crippen LogP contribution in [-0.4, -0.2) is 40.9 Å². The van der Waals surface area contributed by atoms with Crippen molar-refractivity contribution >= 4 is 45.5 Å². The first kappa shape index (κ1) is 24.6. The van der Waals surface area contributed by atoms with Crippen molar-refractivity contribution in [3.8, 4) is 5.75 Å². The number of carbonyl (C=O) groups excluding carboxylic acids is 3. The third kappa shape index (κ3) is 5.10. The Morgan fingerprint density at radius 1 is 0.972 bits per heavy atom. The van der Waals surface area contributed by atoms with Crippen LogP contribution in [0.5, 0.6) is 5.75 Å². The zero-order chi connectivity index (χ0) is 25.8. The summed E-state index contributed by atoms with van der Waals surface area (Å²) < 4.78 is 11.2. The molecule has 2 N–H and O–H groups in total. The first-order valence-electron chi connectivity index (χ1n) is 10.9. The van der Waals surface area contributed by atoms with Gasteiger partial charge in [-0.1, -0.05) is 11.3 Å². The molecule has 0 spiro atoms. The summed E-state index contributed by atoms with van der Waals surface area (Å²) in [6.45, 7) is 4.03. The zero-order valence-electron chi connectivity index (χ0n) is 19.7. The summed E-state index contributed by atoms with van der Waals surface area (Å²) in [5.74, 6) is -1.12. The van der Waals surface area contributed by atoms with Gasteiger partial charge in [-0.15, -0.1) is 0 Å². The van der Waals surface area contributed by atoms with Crippen LogP contribution >= 0.6 is 11.3 Å². The molecule has 11 heteroatoms. The molecule has 184 valence electrons. The molecule has 0 aliphatic rings. The number of nitrogens with zero attached hydrogens (tertiary/aromatic N) is 2. The Kier molecular flexibility index (Phi) is 7.11. The fourth-order valence-electron chi connectivity index (χ4n) is 3.43. The van der Waals surface area contributed by atoms with Crippen molar-refractivity contribution in [1.29, 1.82) is 0 Å². The number of thiazole rings is 1. The Bertz CT molecular complexity index is 1510. The Hall–Kier alpha value is -4.51. The minimum Gasteiger partial charge on any atom is -0.494 e. The summed E-state index contributed by atoms with van der Waals surface area (Å²) in [4.78, 5) is 55.5. The lowest BCUT2D eigenvalue weighted by molar-refractivity contribution is 0.0600. The molecule has 2 amide bonds. The van der Waals surface area contributed by atoms with Gasteiger partial charge in [-0.05, 0) is 62.4 Å². The topological polar surface area (TPSA) is 128 Å². The summed E-state index contributed by atoms with van der Waals surface area (Å²) in [7, 11) is 1.27. The van der Waals surface area contributed by atoms with Crippen molar-refractivity contribution in [1.82, 2.24) is 9.38 Å². The van der Waals surface area contributed by atoms with Crippen LogP contribution in [0.2, 0.25) is 0 Å². The number of aromatic nitrogens is 2. The third-order valence-corrected chi connectivity index (χ3v) is 6.10. The number of ether oxygens (including phenoxy) is 2. The molecule has 4 rings (SSSR count). The molecule has 0 saturated carbocycles. The van der Waals surface area contributed by atoms with Gasteiger partial charge in [0.05, 0.1) is 19.3 Å². The number of hydrogen-bond donors (Lipinski definition) is 2. The second-order valence-electron chi connectivity index (χ2n) is 7.57. The van der Waals surface area contributed by atoms with Gasteiger partial charge in [-0.3, -0.25) is 14.4 Å². The highest BCUT2D eigenvalue weighted by Crippen LogP contribution is 2.25. The standard InChI is InChI=1S/C25H22N4O6S/c1-4-35-18-11-9-17(10-12-18)27-22(31)20-21(36-25-26-14(2)13-19(30)29(20)25)23(32)28-16-7-5-15(6-8-16)24(33)34-3/h5-13H,4H2,1-3H3,(H,27,31)(H,28,32). The van der Waals surface area contributed by atoms with E-state index in [1.165, 1.54) is 37.4 Å². The predicted octanol–water partition coefficient (Wildman–Crippen LogP) is 3.75. The molecule has 4 aromatic rings. The number of hydrogen-bond acceptors (Lipinski definition) is 8. The minimum atomic E-state index is -0.649. The molecule has 0 aliphatic heterocycles. The summed E-state index contributed by atoms with van der Waals surface area (Å²) in [6, 6.07) is 14.1. The monoisotopic (exact) mass is 506 g/mol. The maximum Gasteiger partial charge on any atom is 0.337 e. The minimum absolute atomic E-state index is 0.00526. The average molecular weight is 507 g/mol. The summed E-state index contributed by atoms with van der Waals surface area (Å²) in [5.41, 5.74) is 1.02. The number of esters is 1. The van der Waals surface area contributed by atoms with Gasteiger partial charge in [0.15, 0.2) is 4.96 Å². The molecule has 0 unspecified atom stereocenters. The lowest BCUT2D eigenvalue weighted by atomic mass is 10.2. The average Bonchev–Trinajstić information content (AvgIpc) is 3.25. The highest BCUT2D eigenvalue weighted by Gasteiger charge is 2.26. The molecule has 0 saturated heterocycles. The Labute approximate surface area is 209 Å². The molecule has 0 radical (unpaired) electrons. The van der Waals surface area contributed by atoms with Gasteiger partial charge in [0, 0.05) is 23.1 Å². The molecule has 0 aliphatic carbocycles. The molecule has 2 aromatic carbocycles. The van der Waals surface area contributed by atoms with E-state index in [9.17, 15) is 19.2 Å². The van der Waals surface area contributed by atoms with Crippen LogP contribution in [0.3, 0.4) is 0 Å². The number of carbonyl (C=O) groups is 3. The van der Waals surface area contributed by atoms with Gasteiger partial charge < -0.3 is 20.1 Å². The van der Waals surface area contributed by atoms with Crippen LogP contribution in [-0.2, 0) is 4.74 Å². The van der Waals surface area contributed by atoms with E-state index in [1.807, 2.05) is 6.92 Å². The third-order valence-electron chi connectivity index (χ3n) is 5.06. The molecule has 10 nitrogen and oxygen atoms in total. The molecule has 0 fully saturated rings. The Balaban J connectivity index is 1.69.